The fourth-order valence-corrected chi connectivity index (χ4v) is 3.37. The van der Waals surface area contributed by atoms with E-state index in [1.165, 1.54) is 11.3 Å². The third kappa shape index (κ3) is 8.31. The van der Waals surface area contributed by atoms with Gasteiger partial charge < -0.3 is 9.47 Å². The maximum Gasteiger partial charge on any atom is 0.294 e. The second kappa shape index (κ2) is 11.6. The molecule has 1 amide bonds. The molecule has 1 aromatic carbocycles. The number of hydrogen-bond donors (Lipinski definition) is 1. The molecular weight excluding hydrogens is 390 g/mol. The molecule has 0 spiro atoms. The van der Waals surface area contributed by atoms with Gasteiger partial charge in [0, 0.05) is 31.7 Å². The summed E-state index contributed by atoms with van der Waals surface area (Å²) < 4.78 is 10.3. The number of aromatic nitrogens is 1. The van der Waals surface area contributed by atoms with Crippen LogP contribution in [0.4, 0.5) is 5.13 Å². The van der Waals surface area contributed by atoms with Crippen molar-refractivity contribution in [3.63, 3.8) is 0 Å². The molecular formula is C21H31N3O4S. The SMILES string of the molecule is CN(CCC1(C)CCCO1)COC=O.Cc1ccc(C(=O)Nc2nccs2)cc1.[HH]. The number of hydrogen-bond acceptors (Lipinski definition) is 7. The predicted octanol–water partition coefficient (Wildman–Crippen LogP) is 3.96. The van der Waals surface area contributed by atoms with Gasteiger partial charge in [0.2, 0.25) is 0 Å². The van der Waals surface area contributed by atoms with Gasteiger partial charge in [-0.2, -0.15) is 0 Å². The number of amides is 1. The summed E-state index contributed by atoms with van der Waals surface area (Å²) in [5, 5.41) is 5.18. The fourth-order valence-electron chi connectivity index (χ4n) is 2.84. The lowest BCUT2D eigenvalue weighted by Gasteiger charge is -2.25. The average Bonchev–Trinajstić information content (AvgIpc) is 3.38. The summed E-state index contributed by atoms with van der Waals surface area (Å²) in [6.45, 7) is 6.75. The normalized spacial score (nSPS) is 18.1. The zero-order chi connectivity index (χ0) is 21.1. The standard InChI is InChI=1S/C11H10N2OS.C10H19NO3.H2/c1-8-2-4-9(5-3-8)10(14)13-11-12-6-7-15-11;1-10(4-3-7-14-10)5-6-11(2)8-13-9-12;/h2-7H,1H3,(H,12,13,14);9H,3-8H2,1-2H3;1H. The van der Waals surface area contributed by atoms with Crippen LogP contribution in [0.3, 0.4) is 0 Å². The molecule has 1 aliphatic rings. The molecule has 1 unspecified atom stereocenters. The number of aryl methyl sites for hydroxylation is 1. The van der Waals surface area contributed by atoms with Crippen molar-refractivity contribution in [1.29, 1.82) is 0 Å². The smallest absolute Gasteiger partial charge is 0.294 e. The Morgan fingerprint density at radius 2 is 2.21 bits per heavy atom. The van der Waals surface area contributed by atoms with Crippen LogP contribution >= 0.6 is 11.3 Å². The average molecular weight is 422 g/mol. The summed E-state index contributed by atoms with van der Waals surface area (Å²) in [5.41, 5.74) is 1.83. The fraction of sp³-hybridized carbons (Fsp3) is 0.476. The van der Waals surface area contributed by atoms with Crippen LogP contribution in [-0.4, -0.2) is 54.8 Å². The predicted molar refractivity (Wildman–Crippen MR) is 116 cm³/mol. The van der Waals surface area contributed by atoms with Gasteiger partial charge in [-0.05, 0) is 52.3 Å². The zero-order valence-electron chi connectivity index (χ0n) is 17.2. The van der Waals surface area contributed by atoms with Gasteiger partial charge >= 0.3 is 0 Å². The number of carbonyl (C=O) groups excluding carboxylic acids is 2. The number of nitrogens with zero attached hydrogens (tertiary/aromatic N) is 2. The first-order chi connectivity index (χ1) is 13.9. The molecule has 29 heavy (non-hydrogen) atoms. The number of carbonyl (C=O) groups is 2. The van der Waals surface area contributed by atoms with Gasteiger partial charge in [-0.15, -0.1) is 11.3 Å². The van der Waals surface area contributed by atoms with E-state index in [1.54, 1.807) is 18.3 Å². The second-order valence-corrected chi connectivity index (χ2v) is 8.18. The lowest BCUT2D eigenvalue weighted by atomic mass is 9.98. The Morgan fingerprint density at radius 3 is 2.79 bits per heavy atom. The van der Waals surface area contributed by atoms with E-state index in [2.05, 4.69) is 22.0 Å². The quantitative estimate of drug-likeness (QED) is 0.513. The Hall–Kier alpha value is -2.29. The summed E-state index contributed by atoms with van der Waals surface area (Å²) in [6, 6.07) is 7.43. The van der Waals surface area contributed by atoms with Crippen LogP contribution in [-0.2, 0) is 14.3 Å². The molecule has 160 valence electrons. The summed E-state index contributed by atoms with van der Waals surface area (Å²) >= 11 is 1.41. The topological polar surface area (TPSA) is 80.8 Å². The molecule has 2 heterocycles. The molecule has 1 fully saturated rings. The summed E-state index contributed by atoms with van der Waals surface area (Å²) in [5.74, 6) is -0.120. The van der Waals surface area contributed by atoms with E-state index < -0.39 is 0 Å². The summed E-state index contributed by atoms with van der Waals surface area (Å²) in [4.78, 5) is 27.6. The minimum Gasteiger partial charge on any atom is -0.452 e. The van der Waals surface area contributed by atoms with Gasteiger partial charge in [0.05, 0.1) is 5.60 Å². The van der Waals surface area contributed by atoms with E-state index in [0.29, 0.717) is 23.9 Å². The van der Waals surface area contributed by atoms with Crippen molar-refractivity contribution in [2.75, 3.05) is 32.2 Å². The van der Waals surface area contributed by atoms with Crippen molar-refractivity contribution >= 4 is 28.8 Å². The Kier molecular flexibility index (Phi) is 9.24. The molecule has 2 aromatic rings. The highest BCUT2D eigenvalue weighted by atomic mass is 32.1. The number of rotatable bonds is 8. The van der Waals surface area contributed by atoms with Gasteiger partial charge in [-0.1, -0.05) is 17.7 Å². The second-order valence-electron chi connectivity index (χ2n) is 7.28. The molecule has 0 aliphatic carbocycles. The van der Waals surface area contributed by atoms with Gasteiger partial charge in [0.1, 0.15) is 6.73 Å². The molecule has 0 radical (unpaired) electrons. The van der Waals surface area contributed by atoms with Crippen LogP contribution in [0.1, 0.15) is 43.5 Å². The molecule has 0 saturated carbocycles. The third-order valence-corrected chi connectivity index (χ3v) is 5.34. The molecule has 1 aromatic heterocycles. The van der Waals surface area contributed by atoms with E-state index in [4.69, 9.17) is 4.74 Å². The number of nitrogens with one attached hydrogen (secondary N) is 1. The first kappa shape index (κ1) is 23.0. The van der Waals surface area contributed by atoms with Crippen molar-refractivity contribution in [3.8, 4) is 0 Å². The monoisotopic (exact) mass is 421 g/mol. The molecule has 0 bridgehead atoms. The van der Waals surface area contributed by atoms with E-state index in [1.807, 2.05) is 36.4 Å². The minimum atomic E-state index is -0.120. The molecule has 1 saturated heterocycles. The Morgan fingerprint density at radius 1 is 1.45 bits per heavy atom. The zero-order valence-corrected chi connectivity index (χ0v) is 18.0. The van der Waals surface area contributed by atoms with Gasteiger partial charge in [-0.25, -0.2) is 4.98 Å². The highest BCUT2D eigenvalue weighted by molar-refractivity contribution is 7.13. The van der Waals surface area contributed by atoms with Crippen molar-refractivity contribution in [2.45, 2.75) is 38.7 Å². The Labute approximate surface area is 177 Å². The van der Waals surface area contributed by atoms with E-state index in [-0.39, 0.29) is 12.9 Å². The van der Waals surface area contributed by atoms with Crippen molar-refractivity contribution < 1.29 is 20.5 Å². The molecule has 1 N–H and O–H groups in total. The first-order valence-corrected chi connectivity index (χ1v) is 10.4. The summed E-state index contributed by atoms with van der Waals surface area (Å²) in [7, 11) is 1.93. The maximum absolute atomic E-state index is 11.7. The highest BCUT2D eigenvalue weighted by Gasteiger charge is 2.29. The Balaban J connectivity index is 0.000000291. The molecule has 3 rings (SSSR count). The lowest BCUT2D eigenvalue weighted by Crippen LogP contribution is -2.31. The van der Waals surface area contributed by atoms with Crippen LogP contribution in [0.5, 0.6) is 0 Å². The highest BCUT2D eigenvalue weighted by Crippen LogP contribution is 2.28. The van der Waals surface area contributed by atoms with Crippen molar-refractivity contribution in [1.82, 2.24) is 9.88 Å². The van der Waals surface area contributed by atoms with Crippen LogP contribution in [0.2, 0.25) is 0 Å². The first-order valence-electron chi connectivity index (χ1n) is 9.57. The van der Waals surface area contributed by atoms with E-state index >= 15 is 0 Å². The maximum atomic E-state index is 11.7. The van der Waals surface area contributed by atoms with E-state index in [9.17, 15) is 9.59 Å². The summed E-state index contributed by atoms with van der Waals surface area (Å²) in [6.07, 6.45) is 4.95. The van der Waals surface area contributed by atoms with Crippen LogP contribution in [0.25, 0.3) is 0 Å². The van der Waals surface area contributed by atoms with Crippen LogP contribution < -0.4 is 5.32 Å². The van der Waals surface area contributed by atoms with Gasteiger partial charge in [0.25, 0.3) is 12.4 Å². The lowest BCUT2D eigenvalue weighted by molar-refractivity contribution is -0.132. The van der Waals surface area contributed by atoms with E-state index in [0.717, 1.165) is 38.0 Å². The minimum absolute atomic E-state index is 0. The van der Waals surface area contributed by atoms with Crippen molar-refractivity contribution in [3.05, 3.63) is 47.0 Å². The number of ether oxygens (including phenoxy) is 2. The molecule has 1 aliphatic heterocycles. The number of thiazole rings is 1. The van der Waals surface area contributed by atoms with Crippen LogP contribution in [0, 0.1) is 6.92 Å². The van der Waals surface area contributed by atoms with Crippen molar-refractivity contribution in [2.24, 2.45) is 0 Å². The van der Waals surface area contributed by atoms with Gasteiger partial charge in [-0.3, -0.25) is 19.8 Å². The van der Waals surface area contributed by atoms with Gasteiger partial charge in [0.15, 0.2) is 5.13 Å². The largest absolute Gasteiger partial charge is 0.452 e. The number of benzene rings is 1. The molecule has 1 atom stereocenters. The number of anilines is 1. The molecule has 7 nitrogen and oxygen atoms in total. The van der Waals surface area contributed by atoms with Crippen LogP contribution in [0.15, 0.2) is 35.8 Å². The Bertz CT molecular complexity index is 750. The third-order valence-electron chi connectivity index (χ3n) is 4.65. The molecule has 8 heteroatoms.